The zero-order valence-electron chi connectivity index (χ0n) is 17.1. The number of halogens is 2. The number of anilines is 1. The minimum Gasteiger partial charge on any atom is -0.280 e. The highest BCUT2D eigenvalue weighted by atomic mass is 35.5. The summed E-state index contributed by atoms with van der Waals surface area (Å²) in [5, 5.41) is 0.490. The molecule has 0 unspecified atom stereocenters. The lowest BCUT2D eigenvalue weighted by atomic mass is 10.1. The first-order valence-electron chi connectivity index (χ1n) is 9.33. The summed E-state index contributed by atoms with van der Waals surface area (Å²) >= 11 is 11.8. The molecular weight excluding hydrogens is 473 g/mol. The fourth-order valence-corrected chi connectivity index (χ4v) is 4.15. The van der Waals surface area contributed by atoms with Gasteiger partial charge in [0.2, 0.25) is 0 Å². The first-order chi connectivity index (χ1) is 15.1. The van der Waals surface area contributed by atoms with Crippen molar-refractivity contribution in [2.75, 3.05) is 4.72 Å². The molecule has 7 nitrogen and oxygen atoms in total. The highest BCUT2D eigenvalue weighted by molar-refractivity contribution is 7.92. The lowest BCUT2D eigenvalue weighted by molar-refractivity contribution is 0.0846. The number of hydrogen-bond acceptors (Lipinski definition) is 4. The van der Waals surface area contributed by atoms with Crippen LogP contribution in [0.1, 0.15) is 31.8 Å². The molecule has 0 aliphatic rings. The zero-order chi connectivity index (χ0) is 23.5. The van der Waals surface area contributed by atoms with Crippen molar-refractivity contribution in [3.63, 3.8) is 0 Å². The number of hydrogen-bond donors (Lipinski definition) is 3. The van der Waals surface area contributed by atoms with Gasteiger partial charge in [-0.25, -0.2) is 8.42 Å². The molecular formula is C22H19Cl2N3O4S. The van der Waals surface area contributed by atoms with Crippen molar-refractivity contribution < 1.29 is 18.0 Å². The highest BCUT2D eigenvalue weighted by Gasteiger charge is 2.17. The van der Waals surface area contributed by atoms with E-state index in [9.17, 15) is 18.0 Å². The molecule has 3 rings (SSSR count). The predicted molar refractivity (Wildman–Crippen MR) is 125 cm³/mol. The Morgan fingerprint density at radius 2 is 1.44 bits per heavy atom. The third-order valence-electron chi connectivity index (χ3n) is 4.65. The van der Waals surface area contributed by atoms with Gasteiger partial charge < -0.3 is 0 Å². The predicted octanol–water partition coefficient (Wildman–Crippen LogP) is 4.49. The largest absolute Gasteiger partial charge is 0.280 e. The van der Waals surface area contributed by atoms with Crippen molar-refractivity contribution in [1.82, 2.24) is 10.9 Å². The quantitative estimate of drug-likeness (QED) is 0.457. The first kappa shape index (κ1) is 23.6. The van der Waals surface area contributed by atoms with Crippen LogP contribution >= 0.6 is 23.2 Å². The van der Waals surface area contributed by atoms with Gasteiger partial charge in [0.25, 0.3) is 21.8 Å². The molecule has 0 aliphatic carbocycles. The second-order valence-electron chi connectivity index (χ2n) is 6.96. The summed E-state index contributed by atoms with van der Waals surface area (Å²) in [7, 11) is -3.83. The summed E-state index contributed by atoms with van der Waals surface area (Å²) in [4.78, 5) is 24.5. The van der Waals surface area contributed by atoms with Crippen LogP contribution in [0.4, 0.5) is 5.69 Å². The van der Waals surface area contributed by atoms with Crippen LogP contribution in [0, 0.1) is 13.8 Å². The molecule has 0 spiro atoms. The van der Waals surface area contributed by atoms with Crippen LogP contribution in [0.5, 0.6) is 0 Å². The average molecular weight is 492 g/mol. The molecule has 0 bridgehead atoms. The van der Waals surface area contributed by atoms with Gasteiger partial charge in [-0.05, 0) is 79.6 Å². The number of hydrazine groups is 1. The van der Waals surface area contributed by atoms with E-state index in [2.05, 4.69) is 15.6 Å². The van der Waals surface area contributed by atoms with E-state index in [-0.39, 0.29) is 21.0 Å². The van der Waals surface area contributed by atoms with Gasteiger partial charge in [0, 0.05) is 16.3 Å². The molecule has 0 aromatic heterocycles. The Bertz CT molecular complexity index is 1290. The number of benzene rings is 3. The van der Waals surface area contributed by atoms with Crippen LogP contribution in [0.2, 0.25) is 10.0 Å². The molecule has 0 saturated carbocycles. The molecule has 0 aliphatic heterocycles. The third-order valence-corrected chi connectivity index (χ3v) is 6.61. The van der Waals surface area contributed by atoms with Gasteiger partial charge in [0.1, 0.15) is 0 Å². The maximum absolute atomic E-state index is 12.6. The van der Waals surface area contributed by atoms with Crippen molar-refractivity contribution >= 4 is 50.7 Å². The van der Waals surface area contributed by atoms with E-state index < -0.39 is 21.8 Å². The number of sulfonamides is 1. The molecule has 32 heavy (non-hydrogen) atoms. The summed E-state index contributed by atoms with van der Waals surface area (Å²) in [6.07, 6.45) is 0. The van der Waals surface area contributed by atoms with Crippen molar-refractivity contribution in [3.8, 4) is 0 Å². The molecule has 3 N–H and O–H groups in total. The van der Waals surface area contributed by atoms with Crippen molar-refractivity contribution in [3.05, 3.63) is 93.0 Å². The molecule has 0 fully saturated rings. The van der Waals surface area contributed by atoms with Gasteiger partial charge in [0.05, 0.1) is 15.5 Å². The van der Waals surface area contributed by atoms with Gasteiger partial charge in [-0.2, -0.15) is 0 Å². The molecule has 0 atom stereocenters. The van der Waals surface area contributed by atoms with E-state index in [1.807, 2.05) is 19.9 Å². The van der Waals surface area contributed by atoms with E-state index in [1.165, 1.54) is 42.5 Å². The standard InChI is InChI=1S/C22H19Cl2N3O4S/c1-13-3-7-17(11-14(13)2)27-32(30,31)18-8-4-15(5-9-18)21(28)25-26-22(29)19-12-16(23)6-10-20(19)24/h3-12,27H,1-2H3,(H,25,28)(H,26,29). The number of nitrogens with one attached hydrogen (secondary N) is 3. The second kappa shape index (κ2) is 9.60. The highest BCUT2D eigenvalue weighted by Crippen LogP contribution is 2.21. The van der Waals surface area contributed by atoms with E-state index in [1.54, 1.807) is 12.1 Å². The summed E-state index contributed by atoms with van der Waals surface area (Å²) in [5.41, 5.74) is 7.18. The number of carbonyl (C=O) groups is 2. The van der Waals surface area contributed by atoms with Crippen molar-refractivity contribution in [1.29, 1.82) is 0 Å². The molecule has 2 amide bonds. The summed E-state index contributed by atoms with van der Waals surface area (Å²) < 4.78 is 27.7. The molecule has 0 saturated heterocycles. The minimum atomic E-state index is -3.83. The minimum absolute atomic E-state index is 0.0120. The smallest absolute Gasteiger partial charge is 0.271 e. The monoisotopic (exact) mass is 491 g/mol. The van der Waals surface area contributed by atoms with Crippen molar-refractivity contribution in [2.24, 2.45) is 0 Å². The third kappa shape index (κ3) is 5.59. The Morgan fingerprint density at radius 3 is 2.09 bits per heavy atom. The Balaban J connectivity index is 1.66. The van der Waals surface area contributed by atoms with Crippen LogP contribution in [0.15, 0.2) is 65.6 Å². The fraction of sp³-hybridized carbons (Fsp3) is 0.0909. The van der Waals surface area contributed by atoms with Crippen LogP contribution in [-0.4, -0.2) is 20.2 Å². The fourth-order valence-electron chi connectivity index (χ4n) is 2.73. The number of carbonyl (C=O) groups excluding carboxylic acids is 2. The maximum Gasteiger partial charge on any atom is 0.271 e. The van der Waals surface area contributed by atoms with Gasteiger partial charge in [-0.15, -0.1) is 0 Å². The zero-order valence-corrected chi connectivity index (χ0v) is 19.4. The normalized spacial score (nSPS) is 11.0. The number of rotatable bonds is 5. The number of amides is 2. The van der Waals surface area contributed by atoms with E-state index in [0.717, 1.165) is 11.1 Å². The molecule has 3 aromatic carbocycles. The van der Waals surface area contributed by atoms with Crippen molar-refractivity contribution in [2.45, 2.75) is 18.7 Å². The van der Waals surface area contributed by atoms with E-state index >= 15 is 0 Å². The molecule has 10 heteroatoms. The summed E-state index contributed by atoms with van der Waals surface area (Å²) in [5.74, 6) is -1.29. The first-order valence-corrected chi connectivity index (χ1v) is 11.6. The SMILES string of the molecule is Cc1ccc(NS(=O)(=O)c2ccc(C(=O)NNC(=O)c3cc(Cl)ccc3Cl)cc2)cc1C. The van der Waals surface area contributed by atoms with Crippen LogP contribution in [0.25, 0.3) is 0 Å². The molecule has 166 valence electrons. The molecule has 0 heterocycles. The van der Waals surface area contributed by atoms with E-state index in [4.69, 9.17) is 23.2 Å². The van der Waals surface area contributed by atoms with Gasteiger partial charge in [0.15, 0.2) is 0 Å². The van der Waals surface area contributed by atoms with Crippen LogP contribution in [-0.2, 0) is 10.0 Å². The average Bonchev–Trinajstić information content (AvgIpc) is 2.76. The Morgan fingerprint density at radius 1 is 0.781 bits per heavy atom. The topological polar surface area (TPSA) is 104 Å². The Kier molecular flexibility index (Phi) is 7.08. The summed E-state index contributed by atoms with van der Waals surface area (Å²) in [6, 6.07) is 14.9. The Labute approximate surface area is 195 Å². The lowest BCUT2D eigenvalue weighted by Gasteiger charge is -2.11. The van der Waals surface area contributed by atoms with Gasteiger partial charge >= 0.3 is 0 Å². The van der Waals surface area contributed by atoms with E-state index in [0.29, 0.717) is 10.7 Å². The van der Waals surface area contributed by atoms with Crippen LogP contribution < -0.4 is 15.6 Å². The van der Waals surface area contributed by atoms with Crippen LogP contribution in [0.3, 0.4) is 0 Å². The lowest BCUT2D eigenvalue weighted by Crippen LogP contribution is -2.41. The van der Waals surface area contributed by atoms with Gasteiger partial charge in [-0.3, -0.25) is 25.2 Å². The summed E-state index contributed by atoms with van der Waals surface area (Å²) in [6.45, 7) is 3.82. The molecule has 3 aromatic rings. The number of aryl methyl sites for hydroxylation is 2. The second-order valence-corrected chi connectivity index (χ2v) is 9.49. The van der Waals surface area contributed by atoms with Gasteiger partial charge in [-0.1, -0.05) is 29.3 Å². The Hall–Kier alpha value is -3.07. The maximum atomic E-state index is 12.6. The molecule has 0 radical (unpaired) electrons.